The zero-order valence-corrected chi connectivity index (χ0v) is 19.9. The number of hydrogen-bond donors (Lipinski definition) is 1. The Bertz CT molecular complexity index is 701. The first-order chi connectivity index (χ1) is 14.3. The number of fused-ring (bicyclic) bond motifs is 1. The van der Waals surface area contributed by atoms with Gasteiger partial charge in [-0.3, -0.25) is 4.90 Å². The van der Waals surface area contributed by atoms with Gasteiger partial charge < -0.3 is 5.11 Å². The Hall–Kier alpha value is -0.860. The van der Waals surface area contributed by atoms with Crippen LogP contribution in [-0.4, -0.2) is 34.7 Å². The highest BCUT2D eigenvalue weighted by Crippen LogP contribution is 2.58. The van der Waals surface area contributed by atoms with Crippen LogP contribution in [0.4, 0.5) is 0 Å². The summed E-state index contributed by atoms with van der Waals surface area (Å²) in [6, 6.07) is 0. The van der Waals surface area contributed by atoms with Gasteiger partial charge in [0.15, 0.2) is 0 Å². The summed E-state index contributed by atoms with van der Waals surface area (Å²) in [6.45, 7) is 14.3. The lowest BCUT2D eigenvalue weighted by Crippen LogP contribution is -2.48. The number of nitrogens with zero attached hydrogens (tertiary/aromatic N) is 1. The number of hydrogen-bond acceptors (Lipinski definition) is 2. The molecule has 0 aromatic carbocycles. The molecule has 0 amide bonds. The first-order valence-corrected chi connectivity index (χ1v) is 12.8. The SMILES string of the molecule is C=C1/C(=C\C=C2/CCCC3(C)C2CC[C@@H]3CCN2CCCCC2(C)C)CCCC1O. The second kappa shape index (κ2) is 8.94. The number of likely N-dealkylation sites (tertiary alicyclic amines) is 1. The quantitative estimate of drug-likeness (QED) is 0.549. The highest BCUT2D eigenvalue weighted by atomic mass is 16.3. The summed E-state index contributed by atoms with van der Waals surface area (Å²) >= 11 is 0. The third-order valence-corrected chi connectivity index (χ3v) is 9.47. The minimum Gasteiger partial charge on any atom is -0.388 e. The van der Waals surface area contributed by atoms with Gasteiger partial charge in [0, 0.05) is 5.54 Å². The molecule has 4 rings (SSSR count). The first-order valence-electron chi connectivity index (χ1n) is 12.8. The smallest absolute Gasteiger partial charge is 0.0787 e. The molecule has 4 fully saturated rings. The predicted octanol–water partition coefficient (Wildman–Crippen LogP) is 6.81. The van der Waals surface area contributed by atoms with Crippen LogP contribution in [0.1, 0.15) is 97.8 Å². The lowest BCUT2D eigenvalue weighted by atomic mass is 9.63. The predicted molar refractivity (Wildman–Crippen MR) is 127 cm³/mol. The number of piperidine rings is 1. The Labute approximate surface area is 185 Å². The first kappa shape index (κ1) is 22.3. The van der Waals surface area contributed by atoms with E-state index in [-0.39, 0.29) is 6.10 Å². The van der Waals surface area contributed by atoms with Crippen molar-refractivity contribution < 1.29 is 5.11 Å². The standard InChI is InChI=1S/C28H45NO/c1-21-22(9-7-11-26(21)30)12-13-23-10-8-18-28(4)24(14-15-25(23)28)16-20-29-19-6-5-17-27(29,2)3/h12-13,24-26,30H,1,5-11,14-20H2,2-4H3/b22-12-,23-13+/t24-,25?,26?,28?/m1/s1. The summed E-state index contributed by atoms with van der Waals surface area (Å²) in [6.07, 6.45) is 19.8. The van der Waals surface area contributed by atoms with Crippen LogP contribution in [0.3, 0.4) is 0 Å². The van der Waals surface area contributed by atoms with Crippen LogP contribution in [0.2, 0.25) is 0 Å². The molecule has 0 bridgehead atoms. The van der Waals surface area contributed by atoms with Crippen LogP contribution in [0.25, 0.3) is 0 Å². The number of allylic oxidation sites excluding steroid dienone is 3. The molecule has 1 heterocycles. The third-order valence-electron chi connectivity index (χ3n) is 9.47. The van der Waals surface area contributed by atoms with Crippen molar-refractivity contribution in [3.63, 3.8) is 0 Å². The molecule has 2 heteroatoms. The lowest BCUT2D eigenvalue weighted by molar-refractivity contribution is 0.0542. The van der Waals surface area contributed by atoms with Gasteiger partial charge in [-0.1, -0.05) is 37.6 Å². The molecule has 3 aliphatic carbocycles. The fraction of sp³-hybridized carbons (Fsp3) is 0.786. The van der Waals surface area contributed by atoms with E-state index >= 15 is 0 Å². The largest absolute Gasteiger partial charge is 0.388 e. The molecular formula is C28H45NO. The number of aliphatic hydroxyl groups excluding tert-OH is 1. The summed E-state index contributed by atoms with van der Waals surface area (Å²) in [5.41, 5.74) is 4.82. The van der Waals surface area contributed by atoms with Crippen molar-refractivity contribution in [2.45, 2.75) is 109 Å². The van der Waals surface area contributed by atoms with E-state index in [0.717, 1.165) is 36.7 Å². The Morgan fingerprint density at radius 2 is 1.83 bits per heavy atom. The van der Waals surface area contributed by atoms with E-state index in [1.165, 1.54) is 76.5 Å². The van der Waals surface area contributed by atoms with Crippen LogP contribution in [-0.2, 0) is 0 Å². The molecule has 1 saturated heterocycles. The van der Waals surface area contributed by atoms with Gasteiger partial charge in [-0.15, -0.1) is 0 Å². The molecule has 4 atom stereocenters. The highest BCUT2D eigenvalue weighted by Gasteiger charge is 2.49. The van der Waals surface area contributed by atoms with E-state index in [2.05, 4.69) is 44.4 Å². The summed E-state index contributed by atoms with van der Waals surface area (Å²) in [7, 11) is 0. The van der Waals surface area contributed by atoms with E-state index < -0.39 is 0 Å². The average Bonchev–Trinajstić information content (AvgIpc) is 3.05. The van der Waals surface area contributed by atoms with Gasteiger partial charge in [0.2, 0.25) is 0 Å². The van der Waals surface area contributed by atoms with E-state index in [9.17, 15) is 5.11 Å². The van der Waals surface area contributed by atoms with Gasteiger partial charge >= 0.3 is 0 Å². The van der Waals surface area contributed by atoms with E-state index in [1.807, 2.05) is 0 Å². The van der Waals surface area contributed by atoms with Crippen LogP contribution >= 0.6 is 0 Å². The second-order valence-corrected chi connectivity index (χ2v) is 11.6. The number of aliphatic hydroxyl groups is 1. The average molecular weight is 412 g/mol. The van der Waals surface area contributed by atoms with Crippen molar-refractivity contribution >= 4 is 0 Å². The van der Waals surface area contributed by atoms with Gasteiger partial charge in [-0.05, 0) is 126 Å². The normalized spacial score (nSPS) is 40.1. The third kappa shape index (κ3) is 4.37. The molecule has 1 aliphatic heterocycles. The Morgan fingerprint density at radius 1 is 1.00 bits per heavy atom. The fourth-order valence-corrected chi connectivity index (χ4v) is 7.30. The minimum atomic E-state index is -0.324. The minimum absolute atomic E-state index is 0.324. The van der Waals surface area contributed by atoms with Gasteiger partial charge in [0.05, 0.1) is 6.10 Å². The molecule has 3 unspecified atom stereocenters. The summed E-state index contributed by atoms with van der Waals surface area (Å²) in [5.74, 6) is 1.65. The maximum absolute atomic E-state index is 10.1. The van der Waals surface area contributed by atoms with Gasteiger partial charge in [-0.25, -0.2) is 0 Å². The molecule has 0 aromatic heterocycles. The van der Waals surface area contributed by atoms with Gasteiger partial charge in [-0.2, -0.15) is 0 Å². The molecular weight excluding hydrogens is 366 g/mol. The zero-order valence-electron chi connectivity index (χ0n) is 19.9. The molecule has 0 aromatic rings. The lowest BCUT2D eigenvalue weighted by Gasteiger charge is -2.45. The fourth-order valence-electron chi connectivity index (χ4n) is 7.30. The van der Waals surface area contributed by atoms with Crippen LogP contribution < -0.4 is 0 Å². The molecule has 2 nitrogen and oxygen atoms in total. The Balaban J connectivity index is 1.43. The molecule has 0 radical (unpaired) electrons. The Kier molecular flexibility index (Phi) is 6.66. The van der Waals surface area contributed by atoms with Gasteiger partial charge in [0.1, 0.15) is 0 Å². The Morgan fingerprint density at radius 3 is 2.63 bits per heavy atom. The van der Waals surface area contributed by atoms with Crippen molar-refractivity contribution in [2.75, 3.05) is 13.1 Å². The van der Waals surface area contributed by atoms with Gasteiger partial charge in [0.25, 0.3) is 0 Å². The van der Waals surface area contributed by atoms with Crippen molar-refractivity contribution in [1.82, 2.24) is 4.90 Å². The van der Waals surface area contributed by atoms with Crippen LogP contribution in [0.5, 0.6) is 0 Å². The van der Waals surface area contributed by atoms with Crippen LogP contribution in [0, 0.1) is 17.3 Å². The molecule has 0 spiro atoms. The van der Waals surface area contributed by atoms with E-state index in [1.54, 1.807) is 5.57 Å². The topological polar surface area (TPSA) is 23.5 Å². The summed E-state index contributed by atoms with van der Waals surface area (Å²) < 4.78 is 0. The zero-order chi connectivity index (χ0) is 21.4. The monoisotopic (exact) mass is 411 g/mol. The molecule has 168 valence electrons. The summed E-state index contributed by atoms with van der Waals surface area (Å²) in [5, 5.41) is 10.1. The van der Waals surface area contributed by atoms with E-state index in [4.69, 9.17) is 0 Å². The second-order valence-electron chi connectivity index (χ2n) is 11.6. The van der Waals surface area contributed by atoms with Crippen molar-refractivity contribution in [3.05, 3.63) is 35.5 Å². The number of rotatable bonds is 4. The molecule has 4 aliphatic rings. The molecule has 1 N–H and O–H groups in total. The maximum Gasteiger partial charge on any atom is 0.0787 e. The molecule has 3 saturated carbocycles. The van der Waals surface area contributed by atoms with Crippen molar-refractivity contribution in [2.24, 2.45) is 17.3 Å². The summed E-state index contributed by atoms with van der Waals surface area (Å²) in [4.78, 5) is 2.79. The molecule has 30 heavy (non-hydrogen) atoms. The van der Waals surface area contributed by atoms with E-state index in [0.29, 0.717) is 11.0 Å². The van der Waals surface area contributed by atoms with Crippen molar-refractivity contribution in [3.8, 4) is 0 Å². The van der Waals surface area contributed by atoms with Crippen LogP contribution in [0.15, 0.2) is 35.5 Å². The highest BCUT2D eigenvalue weighted by molar-refractivity contribution is 5.37. The van der Waals surface area contributed by atoms with Crippen molar-refractivity contribution in [1.29, 1.82) is 0 Å². The maximum atomic E-state index is 10.1.